The van der Waals surface area contributed by atoms with Crippen molar-refractivity contribution in [3.05, 3.63) is 29.8 Å². The van der Waals surface area contributed by atoms with Gasteiger partial charge in [-0.05, 0) is 25.1 Å². The van der Waals surface area contributed by atoms with Gasteiger partial charge in [0.05, 0.1) is 10.5 Å². The van der Waals surface area contributed by atoms with Crippen LogP contribution < -0.4 is 10.5 Å². The highest BCUT2D eigenvalue weighted by atomic mass is 32.2. The SMILES string of the molecule is C[C@@H](CN)NS(=O)(=O)c1cccc(C(F)(F)F)c1. The zero-order valence-corrected chi connectivity index (χ0v) is 10.3. The van der Waals surface area contributed by atoms with E-state index in [4.69, 9.17) is 5.73 Å². The van der Waals surface area contributed by atoms with Gasteiger partial charge in [-0.3, -0.25) is 0 Å². The Morgan fingerprint density at radius 2 is 2.00 bits per heavy atom. The molecule has 8 heteroatoms. The molecular weight excluding hydrogens is 269 g/mol. The van der Waals surface area contributed by atoms with E-state index in [2.05, 4.69) is 4.72 Å². The molecule has 0 saturated heterocycles. The highest BCUT2D eigenvalue weighted by Crippen LogP contribution is 2.30. The minimum Gasteiger partial charge on any atom is -0.329 e. The van der Waals surface area contributed by atoms with Crippen LogP contribution in [0.15, 0.2) is 29.2 Å². The molecule has 0 radical (unpaired) electrons. The third-order valence-electron chi connectivity index (χ3n) is 2.18. The quantitative estimate of drug-likeness (QED) is 0.875. The maximum atomic E-state index is 12.4. The predicted molar refractivity (Wildman–Crippen MR) is 60.3 cm³/mol. The summed E-state index contributed by atoms with van der Waals surface area (Å²) in [6, 6.07) is 2.99. The predicted octanol–water partition coefficient (Wildman–Crippen LogP) is 1.33. The van der Waals surface area contributed by atoms with E-state index in [0.717, 1.165) is 18.2 Å². The second-order valence-corrected chi connectivity index (χ2v) is 5.50. The standard InChI is InChI=1S/C10H13F3N2O2S/c1-7(6-14)15-18(16,17)9-4-2-3-8(5-9)10(11,12)13/h2-5,7,15H,6,14H2,1H3/t7-/m0/s1. The van der Waals surface area contributed by atoms with Gasteiger partial charge in [-0.2, -0.15) is 13.2 Å². The number of alkyl halides is 3. The summed E-state index contributed by atoms with van der Waals surface area (Å²) < 4.78 is 63.0. The second-order valence-electron chi connectivity index (χ2n) is 3.78. The summed E-state index contributed by atoms with van der Waals surface area (Å²) in [4.78, 5) is -0.433. The number of benzene rings is 1. The first-order valence-electron chi connectivity index (χ1n) is 5.06. The summed E-state index contributed by atoms with van der Waals surface area (Å²) in [5, 5.41) is 0. The molecule has 0 aliphatic carbocycles. The van der Waals surface area contributed by atoms with Gasteiger partial charge in [0.2, 0.25) is 10.0 Å². The Balaban J connectivity index is 3.11. The number of hydrogen-bond donors (Lipinski definition) is 2. The molecule has 4 nitrogen and oxygen atoms in total. The van der Waals surface area contributed by atoms with E-state index in [1.807, 2.05) is 0 Å². The van der Waals surface area contributed by atoms with Crippen molar-refractivity contribution in [2.75, 3.05) is 6.54 Å². The van der Waals surface area contributed by atoms with Crippen molar-refractivity contribution in [2.24, 2.45) is 5.73 Å². The van der Waals surface area contributed by atoms with Crippen molar-refractivity contribution in [1.82, 2.24) is 4.72 Å². The van der Waals surface area contributed by atoms with Crippen LogP contribution in [0.4, 0.5) is 13.2 Å². The number of rotatable bonds is 4. The summed E-state index contributed by atoms with van der Waals surface area (Å²) in [5.74, 6) is 0. The number of sulfonamides is 1. The van der Waals surface area contributed by atoms with Crippen LogP contribution in [0.1, 0.15) is 12.5 Å². The van der Waals surface area contributed by atoms with Crippen molar-refractivity contribution in [1.29, 1.82) is 0 Å². The number of nitrogens with two attached hydrogens (primary N) is 1. The molecule has 0 amide bonds. The molecule has 102 valence electrons. The van der Waals surface area contributed by atoms with E-state index >= 15 is 0 Å². The monoisotopic (exact) mass is 282 g/mol. The summed E-state index contributed by atoms with van der Waals surface area (Å²) in [6.45, 7) is 1.57. The largest absolute Gasteiger partial charge is 0.416 e. The fraction of sp³-hybridized carbons (Fsp3) is 0.400. The minimum absolute atomic E-state index is 0.0538. The van der Waals surface area contributed by atoms with Gasteiger partial charge in [0, 0.05) is 12.6 Å². The Hall–Kier alpha value is -1.12. The molecule has 0 aliphatic heterocycles. The molecule has 1 rings (SSSR count). The fourth-order valence-corrected chi connectivity index (χ4v) is 2.52. The molecule has 0 saturated carbocycles. The summed E-state index contributed by atoms with van der Waals surface area (Å²) in [6.07, 6.45) is -4.58. The van der Waals surface area contributed by atoms with E-state index in [1.54, 1.807) is 0 Å². The fourth-order valence-electron chi connectivity index (χ4n) is 1.22. The highest BCUT2D eigenvalue weighted by Gasteiger charge is 2.31. The molecule has 0 fully saturated rings. The highest BCUT2D eigenvalue weighted by molar-refractivity contribution is 7.89. The van der Waals surface area contributed by atoms with E-state index in [0.29, 0.717) is 6.07 Å². The van der Waals surface area contributed by atoms with E-state index < -0.39 is 32.7 Å². The molecular formula is C10H13F3N2O2S. The van der Waals surface area contributed by atoms with Crippen LogP contribution in [0.3, 0.4) is 0 Å². The van der Waals surface area contributed by atoms with Crippen LogP contribution in [-0.4, -0.2) is 21.0 Å². The number of hydrogen-bond acceptors (Lipinski definition) is 3. The Morgan fingerprint density at radius 1 is 1.39 bits per heavy atom. The van der Waals surface area contributed by atoms with Gasteiger partial charge in [-0.1, -0.05) is 6.07 Å². The average molecular weight is 282 g/mol. The van der Waals surface area contributed by atoms with Crippen LogP contribution >= 0.6 is 0 Å². The lowest BCUT2D eigenvalue weighted by atomic mass is 10.2. The Kier molecular flexibility index (Phi) is 4.36. The normalized spacial score (nSPS) is 14.5. The smallest absolute Gasteiger partial charge is 0.329 e. The average Bonchev–Trinajstić information content (AvgIpc) is 2.27. The minimum atomic E-state index is -4.58. The first-order chi connectivity index (χ1) is 8.16. The topological polar surface area (TPSA) is 72.2 Å². The van der Waals surface area contributed by atoms with Gasteiger partial charge in [0.1, 0.15) is 0 Å². The van der Waals surface area contributed by atoms with Gasteiger partial charge < -0.3 is 5.73 Å². The molecule has 1 aromatic carbocycles. The van der Waals surface area contributed by atoms with Gasteiger partial charge in [0.25, 0.3) is 0 Å². The zero-order chi connectivity index (χ0) is 14.0. The third kappa shape index (κ3) is 3.69. The lowest BCUT2D eigenvalue weighted by Crippen LogP contribution is -2.37. The number of halogens is 3. The van der Waals surface area contributed by atoms with Gasteiger partial charge >= 0.3 is 6.18 Å². The zero-order valence-electron chi connectivity index (χ0n) is 9.53. The molecule has 1 atom stereocenters. The molecule has 3 N–H and O–H groups in total. The van der Waals surface area contributed by atoms with Crippen LogP contribution in [0, 0.1) is 0 Å². The Bertz CT molecular complexity index is 514. The molecule has 0 spiro atoms. The van der Waals surface area contributed by atoms with Gasteiger partial charge in [0.15, 0.2) is 0 Å². The van der Waals surface area contributed by atoms with E-state index in [-0.39, 0.29) is 6.54 Å². The molecule has 0 bridgehead atoms. The van der Waals surface area contributed by atoms with Crippen molar-refractivity contribution >= 4 is 10.0 Å². The maximum Gasteiger partial charge on any atom is 0.416 e. The van der Waals surface area contributed by atoms with Crippen molar-refractivity contribution in [2.45, 2.75) is 24.0 Å². The molecule has 0 heterocycles. The lowest BCUT2D eigenvalue weighted by Gasteiger charge is -2.13. The van der Waals surface area contributed by atoms with E-state index in [9.17, 15) is 21.6 Å². The van der Waals surface area contributed by atoms with Crippen LogP contribution in [0.2, 0.25) is 0 Å². The van der Waals surface area contributed by atoms with Crippen LogP contribution in [0.25, 0.3) is 0 Å². The van der Waals surface area contributed by atoms with Gasteiger partial charge in [-0.15, -0.1) is 0 Å². The Morgan fingerprint density at radius 3 is 2.50 bits per heavy atom. The number of nitrogens with one attached hydrogen (secondary N) is 1. The summed E-state index contributed by atoms with van der Waals surface area (Å²) >= 11 is 0. The third-order valence-corrected chi connectivity index (χ3v) is 3.77. The van der Waals surface area contributed by atoms with Gasteiger partial charge in [-0.25, -0.2) is 13.1 Å². The Labute approximate surface area is 103 Å². The maximum absolute atomic E-state index is 12.4. The summed E-state index contributed by atoms with van der Waals surface area (Å²) in [5.41, 5.74) is 4.24. The molecule has 18 heavy (non-hydrogen) atoms. The van der Waals surface area contributed by atoms with E-state index in [1.165, 1.54) is 6.92 Å². The first-order valence-corrected chi connectivity index (χ1v) is 6.55. The van der Waals surface area contributed by atoms with Crippen molar-refractivity contribution in [3.8, 4) is 0 Å². The summed E-state index contributed by atoms with van der Waals surface area (Å²) in [7, 11) is -3.98. The van der Waals surface area contributed by atoms with Crippen molar-refractivity contribution in [3.63, 3.8) is 0 Å². The van der Waals surface area contributed by atoms with Crippen LogP contribution in [0.5, 0.6) is 0 Å². The molecule has 0 unspecified atom stereocenters. The van der Waals surface area contributed by atoms with Crippen LogP contribution in [-0.2, 0) is 16.2 Å². The first kappa shape index (κ1) is 14.9. The molecule has 0 aliphatic rings. The molecule has 1 aromatic rings. The second kappa shape index (κ2) is 5.25. The molecule has 0 aromatic heterocycles. The van der Waals surface area contributed by atoms with Crippen molar-refractivity contribution < 1.29 is 21.6 Å². The lowest BCUT2D eigenvalue weighted by molar-refractivity contribution is -0.137.